The highest BCUT2D eigenvalue weighted by molar-refractivity contribution is 7.11. The van der Waals surface area contributed by atoms with E-state index in [1.165, 1.54) is 47.7 Å². The molecular weight excluding hydrogens is 240 g/mol. The Morgan fingerprint density at radius 2 is 2.11 bits per heavy atom. The monoisotopic (exact) mass is 266 g/mol. The Hall–Kier alpha value is -0.410. The predicted octanol–water partition coefficient (Wildman–Crippen LogP) is 3.72. The average Bonchev–Trinajstić information content (AvgIpc) is 2.68. The van der Waals surface area contributed by atoms with E-state index in [-0.39, 0.29) is 0 Å². The van der Waals surface area contributed by atoms with Crippen molar-refractivity contribution in [3.63, 3.8) is 0 Å². The van der Waals surface area contributed by atoms with Gasteiger partial charge in [-0.2, -0.15) is 0 Å². The molecule has 1 aliphatic rings. The van der Waals surface area contributed by atoms with Crippen molar-refractivity contribution in [2.45, 2.75) is 58.9 Å². The van der Waals surface area contributed by atoms with Gasteiger partial charge in [-0.1, -0.05) is 13.3 Å². The van der Waals surface area contributed by atoms with Crippen molar-refractivity contribution in [1.29, 1.82) is 0 Å². The molecule has 0 amide bonds. The van der Waals surface area contributed by atoms with Crippen molar-refractivity contribution in [2.75, 3.05) is 7.05 Å². The second kappa shape index (κ2) is 6.16. The third kappa shape index (κ3) is 3.12. The lowest BCUT2D eigenvalue weighted by Gasteiger charge is -2.35. The van der Waals surface area contributed by atoms with Crippen molar-refractivity contribution in [2.24, 2.45) is 11.8 Å². The average molecular weight is 266 g/mol. The van der Waals surface area contributed by atoms with Crippen molar-refractivity contribution < 1.29 is 0 Å². The summed E-state index contributed by atoms with van der Waals surface area (Å²) < 4.78 is 0. The van der Waals surface area contributed by atoms with Crippen LogP contribution in [0.5, 0.6) is 0 Å². The molecule has 0 aliphatic heterocycles. The Bertz CT molecular complexity index is 366. The van der Waals surface area contributed by atoms with Crippen LogP contribution in [0.25, 0.3) is 0 Å². The molecule has 2 rings (SSSR count). The van der Waals surface area contributed by atoms with Crippen LogP contribution in [-0.4, -0.2) is 18.1 Å². The summed E-state index contributed by atoms with van der Waals surface area (Å²) in [6.07, 6.45) is 6.61. The van der Waals surface area contributed by atoms with Gasteiger partial charge in [0.2, 0.25) is 0 Å². The Morgan fingerprint density at radius 3 is 2.67 bits per heavy atom. The van der Waals surface area contributed by atoms with Crippen LogP contribution in [0, 0.1) is 25.7 Å². The summed E-state index contributed by atoms with van der Waals surface area (Å²) in [7, 11) is 2.11. The van der Waals surface area contributed by atoms with Crippen LogP contribution in [0.1, 0.15) is 48.2 Å². The van der Waals surface area contributed by atoms with E-state index in [9.17, 15) is 0 Å². The number of nitrogens with one attached hydrogen (secondary N) is 1. The van der Waals surface area contributed by atoms with E-state index in [2.05, 4.69) is 33.1 Å². The SMILES string of the molecule is CCC1CCC(NC)C(Cc2nc(C)c(C)s2)C1. The highest BCUT2D eigenvalue weighted by Gasteiger charge is 2.29. The van der Waals surface area contributed by atoms with Gasteiger partial charge in [0, 0.05) is 17.3 Å². The van der Waals surface area contributed by atoms with Gasteiger partial charge >= 0.3 is 0 Å². The normalized spacial score (nSPS) is 28.6. The minimum absolute atomic E-state index is 0.692. The van der Waals surface area contributed by atoms with E-state index < -0.39 is 0 Å². The standard InChI is InChI=1S/C15H26N2S/c1-5-12-6-7-14(16-4)13(8-12)9-15-17-10(2)11(3)18-15/h12-14,16H,5-9H2,1-4H3. The maximum absolute atomic E-state index is 4.71. The van der Waals surface area contributed by atoms with E-state index in [0.29, 0.717) is 6.04 Å². The molecule has 18 heavy (non-hydrogen) atoms. The Kier molecular flexibility index (Phi) is 4.79. The number of thiazole rings is 1. The minimum atomic E-state index is 0.692. The van der Waals surface area contributed by atoms with Crippen LogP contribution in [0.2, 0.25) is 0 Å². The minimum Gasteiger partial charge on any atom is -0.317 e. The fraction of sp³-hybridized carbons (Fsp3) is 0.800. The fourth-order valence-electron chi connectivity index (χ4n) is 3.19. The predicted molar refractivity (Wildman–Crippen MR) is 79.3 cm³/mol. The van der Waals surface area contributed by atoms with E-state index in [1.807, 2.05) is 11.3 Å². The van der Waals surface area contributed by atoms with Gasteiger partial charge in [0.15, 0.2) is 0 Å². The quantitative estimate of drug-likeness (QED) is 0.898. The molecule has 0 radical (unpaired) electrons. The Morgan fingerprint density at radius 1 is 1.33 bits per heavy atom. The van der Waals surface area contributed by atoms with Crippen molar-refractivity contribution in [1.82, 2.24) is 10.3 Å². The van der Waals surface area contributed by atoms with Gasteiger partial charge in [0.25, 0.3) is 0 Å². The van der Waals surface area contributed by atoms with Crippen molar-refractivity contribution in [3.05, 3.63) is 15.6 Å². The molecule has 3 atom stereocenters. The summed E-state index contributed by atoms with van der Waals surface area (Å²) in [5, 5.41) is 4.86. The zero-order chi connectivity index (χ0) is 13.1. The molecule has 3 heteroatoms. The highest BCUT2D eigenvalue weighted by Crippen LogP contribution is 2.34. The molecule has 1 fully saturated rings. The van der Waals surface area contributed by atoms with Crippen LogP contribution in [0.3, 0.4) is 0 Å². The molecule has 102 valence electrons. The molecule has 3 unspecified atom stereocenters. The van der Waals surface area contributed by atoms with Crippen molar-refractivity contribution >= 4 is 11.3 Å². The molecular formula is C15H26N2S. The molecule has 0 saturated heterocycles. The van der Waals surface area contributed by atoms with E-state index in [0.717, 1.165) is 11.8 Å². The first-order chi connectivity index (χ1) is 8.63. The smallest absolute Gasteiger partial charge is 0.0934 e. The molecule has 0 bridgehead atoms. The first-order valence-electron chi connectivity index (χ1n) is 7.24. The molecule has 1 aliphatic carbocycles. The van der Waals surface area contributed by atoms with E-state index >= 15 is 0 Å². The number of rotatable bonds is 4. The Balaban J connectivity index is 2.04. The summed E-state index contributed by atoms with van der Waals surface area (Å²) in [5.74, 6) is 1.71. The summed E-state index contributed by atoms with van der Waals surface area (Å²) in [6.45, 7) is 6.64. The maximum Gasteiger partial charge on any atom is 0.0934 e. The third-order valence-corrected chi connectivity index (χ3v) is 5.64. The number of hydrogen-bond acceptors (Lipinski definition) is 3. The first kappa shape index (κ1) is 14.0. The zero-order valence-electron chi connectivity index (χ0n) is 12.1. The maximum atomic E-state index is 4.71. The van der Waals surface area contributed by atoms with Crippen molar-refractivity contribution in [3.8, 4) is 0 Å². The van der Waals surface area contributed by atoms with Gasteiger partial charge in [0.1, 0.15) is 0 Å². The second-order valence-electron chi connectivity index (χ2n) is 5.70. The van der Waals surface area contributed by atoms with Gasteiger partial charge in [0.05, 0.1) is 10.7 Å². The van der Waals surface area contributed by atoms with Crippen LogP contribution in [0.15, 0.2) is 0 Å². The lowest BCUT2D eigenvalue weighted by atomic mass is 9.75. The van der Waals surface area contributed by atoms with Gasteiger partial charge in [-0.25, -0.2) is 4.98 Å². The molecule has 0 spiro atoms. The molecule has 1 heterocycles. The van der Waals surface area contributed by atoms with E-state index in [4.69, 9.17) is 4.98 Å². The molecule has 1 aromatic heterocycles. The molecule has 2 nitrogen and oxygen atoms in total. The van der Waals surface area contributed by atoms with Crippen LogP contribution < -0.4 is 5.32 Å². The summed E-state index contributed by atoms with van der Waals surface area (Å²) in [6, 6.07) is 0.692. The summed E-state index contributed by atoms with van der Waals surface area (Å²) in [4.78, 5) is 6.10. The van der Waals surface area contributed by atoms with Gasteiger partial charge in [-0.3, -0.25) is 0 Å². The second-order valence-corrected chi connectivity index (χ2v) is 6.98. The van der Waals surface area contributed by atoms with E-state index in [1.54, 1.807) is 0 Å². The number of nitrogens with zero attached hydrogens (tertiary/aromatic N) is 1. The molecule has 1 N–H and O–H groups in total. The van der Waals surface area contributed by atoms with Crippen LogP contribution in [-0.2, 0) is 6.42 Å². The summed E-state index contributed by atoms with van der Waals surface area (Å²) in [5.41, 5.74) is 1.22. The summed E-state index contributed by atoms with van der Waals surface area (Å²) >= 11 is 1.89. The third-order valence-electron chi connectivity index (χ3n) is 4.55. The lowest BCUT2D eigenvalue weighted by Crippen LogP contribution is -2.39. The van der Waals surface area contributed by atoms with Gasteiger partial charge in [-0.05, 0) is 52.0 Å². The zero-order valence-corrected chi connectivity index (χ0v) is 12.9. The number of aryl methyl sites for hydroxylation is 2. The van der Waals surface area contributed by atoms with Gasteiger partial charge < -0.3 is 5.32 Å². The topological polar surface area (TPSA) is 24.9 Å². The van der Waals surface area contributed by atoms with Gasteiger partial charge in [-0.15, -0.1) is 11.3 Å². The Labute approximate surface area is 115 Å². The highest BCUT2D eigenvalue weighted by atomic mass is 32.1. The van der Waals surface area contributed by atoms with Crippen LogP contribution in [0.4, 0.5) is 0 Å². The largest absolute Gasteiger partial charge is 0.317 e. The lowest BCUT2D eigenvalue weighted by molar-refractivity contribution is 0.205. The number of hydrogen-bond donors (Lipinski definition) is 1. The number of aromatic nitrogens is 1. The molecule has 1 aromatic rings. The van der Waals surface area contributed by atoms with Crippen LogP contribution >= 0.6 is 11.3 Å². The molecule has 1 saturated carbocycles. The fourth-order valence-corrected chi connectivity index (χ4v) is 4.22. The molecule has 0 aromatic carbocycles. The first-order valence-corrected chi connectivity index (χ1v) is 8.05.